The Bertz CT molecular complexity index is 897. The quantitative estimate of drug-likeness (QED) is 0.663. The summed E-state index contributed by atoms with van der Waals surface area (Å²) < 4.78 is 5.19. The molecule has 0 spiro atoms. The molecule has 0 radical (unpaired) electrons. The highest BCUT2D eigenvalue weighted by Crippen LogP contribution is 2.26. The van der Waals surface area contributed by atoms with Crippen LogP contribution in [0.1, 0.15) is 22.4 Å². The van der Waals surface area contributed by atoms with Gasteiger partial charge in [-0.05, 0) is 63.1 Å². The molecule has 0 aliphatic rings. The molecule has 2 aromatic carbocycles. The zero-order valence-electron chi connectivity index (χ0n) is 15.8. The van der Waals surface area contributed by atoms with Gasteiger partial charge in [-0.1, -0.05) is 17.7 Å². The Hall–Kier alpha value is -3.08. The van der Waals surface area contributed by atoms with E-state index in [1.165, 1.54) is 16.7 Å². The predicted octanol–water partition coefficient (Wildman–Crippen LogP) is 5.21. The summed E-state index contributed by atoms with van der Waals surface area (Å²) in [6, 6.07) is 13.9. The Morgan fingerprint density at radius 1 is 0.808 bits per heavy atom. The third kappa shape index (κ3) is 4.11. The van der Waals surface area contributed by atoms with Gasteiger partial charge >= 0.3 is 0 Å². The van der Waals surface area contributed by atoms with E-state index in [0.717, 1.165) is 28.6 Å². The number of nitrogens with zero attached hydrogens (tertiary/aromatic N) is 2. The average molecular weight is 348 g/mol. The molecule has 134 valence electrons. The van der Waals surface area contributed by atoms with Crippen LogP contribution < -0.4 is 15.4 Å². The van der Waals surface area contributed by atoms with Gasteiger partial charge in [-0.3, -0.25) is 0 Å². The van der Waals surface area contributed by atoms with Crippen LogP contribution in [0.4, 0.5) is 23.1 Å². The van der Waals surface area contributed by atoms with Crippen LogP contribution in [0.5, 0.6) is 5.75 Å². The number of benzene rings is 2. The molecule has 26 heavy (non-hydrogen) atoms. The predicted molar refractivity (Wildman–Crippen MR) is 107 cm³/mol. The van der Waals surface area contributed by atoms with Crippen molar-refractivity contribution in [3.05, 3.63) is 64.8 Å². The van der Waals surface area contributed by atoms with E-state index < -0.39 is 0 Å². The minimum atomic E-state index is 0.556. The van der Waals surface area contributed by atoms with Crippen LogP contribution in [-0.4, -0.2) is 17.1 Å². The number of rotatable bonds is 5. The summed E-state index contributed by atoms with van der Waals surface area (Å²) in [6.07, 6.45) is 0. The average Bonchev–Trinajstić information content (AvgIpc) is 2.58. The molecule has 0 saturated heterocycles. The fourth-order valence-corrected chi connectivity index (χ4v) is 3.00. The first-order valence-corrected chi connectivity index (χ1v) is 8.56. The van der Waals surface area contributed by atoms with Crippen LogP contribution in [0, 0.1) is 27.7 Å². The molecule has 2 N–H and O–H groups in total. The molecule has 0 bridgehead atoms. The first-order chi connectivity index (χ1) is 12.4. The number of methoxy groups -OCH3 is 1. The minimum absolute atomic E-state index is 0.556. The molecule has 1 aromatic heterocycles. The van der Waals surface area contributed by atoms with Crippen molar-refractivity contribution in [3.63, 3.8) is 0 Å². The zero-order valence-corrected chi connectivity index (χ0v) is 15.8. The molecule has 1 heterocycles. The van der Waals surface area contributed by atoms with Crippen molar-refractivity contribution in [1.82, 2.24) is 9.97 Å². The lowest BCUT2D eigenvalue weighted by Crippen LogP contribution is -2.04. The van der Waals surface area contributed by atoms with Crippen molar-refractivity contribution in [2.45, 2.75) is 27.7 Å². The maximum atomic E-state index is 5.19. The number of hydrogen-bond donors (Lipinski definition) is 2. The fraction of sp³-hybridized carbons (Fsp3) is 0.238. The van der Waals surface area contributed by atoms with E-state index in [-0.39, 0.29) is 0 Å². The molecule has 0 aliphatic heterocycles. The van der Waals surface area contributed by atoms with Crippen LogP contribution in [0.25, 0.3) is 0 Å². The third-order valence-corrected chi connectivity index (χ3v) is 4.13. The van der Waals surface area contributed by atoms with E-state index in [9.17, 15) is 0 Å². The summed E-state index contributed by atoms with van der Waals surface area (Å²) in [7, 11) is 1.65. The second kappa shape index (κ2) is 7.44. The van der Waals surface area contributed by atoms with Crippen molar-refractivity contribution < 1.29 is 4.74 Å². The fourth-order valence-electron chi connectivity index (χ4n) is 3.00. The van der Waals surface area contributed by atoms with Crippen molar-refractivity contribution in [2.24, 2.45) is 0 Å². The van der Waals surface area contributed by atoms with E-state index in [0.29, 0.717) is 5.95 Å². The van der Waals surface area contributed by atoms with Gasteiger partial charge in [-0.15, -0.1) is 0 Å². The Morgan fingerprint density at radius 3 is 2.08 bits per heavy atom. The Balaban J connectivity index is 1.85. The summed E-state index contributed by atoms with van der Waals surface area (Å²) in [4.78, 5) is 9.09. The van der Waals surface area contributed by atoms with Crippen molar-refractivity contribution in [3.8, 4) is 5.75 Å². The molecule has 0 amide bonds. The highest BCUT2D eigenvalue weighted by Gasteiger charge is 2.08. The second-order valence-corrected chi connectivity index (χ2v) is 6.47. The lowest BCUT2D eigenvalue weighted by Gasteiger charge is -2.15. The van der Waals surface area contributed by atoms with Gasteiger partial charge in [-0.2, -0.15) is 4.98 Å². The van der Waals surface area contributed by atoms with Crippen LogP contribution >= 0.6 is 0 Å². The largest absolute Gasteiger partial charge is 0.497 e. The highest BCUT2D eigenvalue weighted by molar-refractivity contribution is 5.66. The smallest absolute Gasteiger partial charge is 0.229 e. The summed E-state index contributed by atoms with van der Waals surface area (Å²) in [5.74, 6) is 2.14. The summed E-state index contributed by atoms with van der Waals surface area (Å²) >= 11 is 0. The van der Waals surface area contributed by atoms with E-state index in [1.54, 1.807) is 7.11 Å². The SMILES string of the molecule is COc1ccc(Nc2nc(C)cc(Nc3c(C)cc(C)cc3C)n2)cc1. The van der Waals surface area contributed by atoms with Crippen LogP contribution in [0.15, 0.2) is 42.5 Å². The van der Waals surface area contributed by atoms with Crippen LogP contribution in [-0.2, 0) is 0 Å². The summed E-state index contributed by atoms with van der Waals surface area (Å²) in [5.41, 5.74) is 6.54. The molecule has 0 unspecified atom stereocenters. The van der Waals surface area contributed by atoms with E-state index in [4.69, 9.17) is 4.74 Å². The molecular formula is C21H24N4O. The maximum absolute atomic E-state index is 5.19. The number of aromatic nitrogens is 2. The van der Waals surface area contributed by atoms with Gasteiger partial charge in [0.1, 0.15) is 11.6 Å². The molecule has 5 heteroatoms. The molecule has 3 aromatic rings. The first kappa shape index (κ1) is 17.7. The Labute approximate surface area is 154 Å². The van der Waals surface area contributed by atoms with E-state index in [2.05, 4.69) is 53.5 Å². The number of hydrogen-bond acceptors (Lipinski definition) is 5. The van der Waals surface area contributed by atoms with Gasteiger partial charge in [0.25, 0.3) is 0 Å². The van der Waals surface area contributed by atoms with Gasteiger partial charge in [0.15, 0.2) is 0 Å². The number of aryl methyl sites for hydroxylation is 4. The topological polar surface area (TPSA) is 59.1 Å². The van der Waals surface area contributed by atoms with Crippen molar-refractivity contribution >= 4 is 23.1 Å². The van der Waals surface area contributed by atoms with Gasteiger partial charge in [0.05, 0.1) is 7.11 Å². The Kier molecular flexibility index (Phi) is 5.07. The number of anilines is 4. The van der Waals surface area contributed by atoms with Gasteiger partial charge in [0, 0.05) is 23.1 Å². The van der Waals surface area contributed by atoms with E-state index >= 15 is 0 Å². The second-order valence-electron chi connectivity index (χ2n) is 6.47. The lowest BCUT2D eigenvalue weighted by atomic mass is 10.1. The minimum Gasteiger partial charge on any atom is -0.497 e. The molecule has 0 saturated carbocycles. The molecular weight excluding hydrogens is 324 g/mol. The zero-order chi connectivity index (χ0) is 18.7. The monoisotopic (exact) mass is 348 g/mol. The van der Waals surface area contributed by atoms with Crippen LogP contribution in [0.3, 0.4) is 0 Å². The van der Waals surface area contributed by atoms with E-state index in [1.807, 2.05) is 37.3 Å². The number of nitrogens with one attached hydrogen (secondary N) is 2. The Morgan fingerprint density at radius 2 is 1.46 bits per heavy atom. The summed E-state index contributed by atoms with van der Waals surface area (Å²) in [5, 5.41) is 6.68. The highest BCUT2D eigenvalue weighted by atomic mass is 16.5. The molecule has 0 fully saturated rings. The molecule has 3 rings (SSSR count). The van der Waals surface area contributed by atoms with Gasteiger partial charge in [-0.25, -0.2) is 4.98 Å². The third-order valence-electron chi connectivity index (χ3n) is 4.13. The molecule has 0 aliphatic carbocycles. The maximum Gasteiger partial charge on any atom is 0.229 e. The number of ether oxygens (including phenoxy) is 1. The first-order valence-electron chi connectivity index (χ1n) is 8.56. The normalized spacial score (nSPS) is 10.5. The molecule has 5 nitrogen and oxygen atoms in total. The lowest BCUT2D eigenvalue weighted by molar-refractivity contribution is 0.415. The van der Waals surface area contributed by atoms with Crippen molar-refractivity contribution in [1.29, 1.82) is 0 Å². The van der Waals surface area contributed by atoms with Crippen molar-refractivity contribution in [2.75, 3.05) is 17.7 Å². The standard InChI is InChI=1S/C21H24N4O/c1-13-10-14(2)20(15(3)11-13)24-19-12-16(4)22-21(25-19)23-17-6-8-18(26-5)9-7-17/h6-12H,1-5H3,(H2,22,23,24,25). The van der Waals surface area contributed by atoms with Crippen LogP contribution in [0.2, 0.25) is 0 Å². The van der Waals surface area contributed by atoms with Gasteiger partial charge < -0.3 is 15.4 Å². The molecule has 0 atom stereocenters. The summed E-state index contributed by atoms with van der Waals surface area (Å²) in [6.45, 7) is 8.27. The van der Waals surface area contributed by atoms with Gasteiger partial charge in [0.2, 0.25) is 5.95 Å².